The quantitative estimate of drug-likeness (QED) is 0.476. The molecule has 4 aromatic rings. The number of amides is 1. The number of likely N-dealkylation sites (tertiary alicyclic amines) is 1. The largest absolute Gasteiger partial charge is 0.350 e. The second-order valence-electron chi connectivity index (χ2n) is 8.16. The molecule has 0 saturated carbocycles. The van der Waals surface area contributed by atoms with Crippen molar-refractivity contribution in [1.82, 2.24) is 20.2 Å². The molecule has 1 aliphatic rings. The molecule has 0 aliphatic carbocycles. The summed E-state index contributed by atoms with van der Waals surface area (Å²) in [5.41, 5.74) is 3.16. The fourth-order valence-electron chi connectivity index (χ4n) is 4.34. The van der Waals surface area contributed by atoms with Gasteiger partial charge in [0, 0.05) is 25.2 Å². The van der Waals surface area contributed by atoms with Crippen LogP contribution in [0.15, 0.2) is 72.8 Å². The van der Waals surface area contributed by atoms with Gasteiger partial charge in [0.1, 0.15) is 5.82 Å². The number of aromatic nitrogens is 2. The number of hydrogen-bond acceptors (Lipinski definition) is 3. The number of piperidine rings is 1. The molecule has 31 heavy (non-hydrogen) atoms. The van der Waals surface area contributed by atoms with Crippen LogP contribution in [0.1, 0.15) is 24.2 Å². The van der Waals surface area contributed by atoms with Gasteiger partial charge < -0.3 is 10.3 Å². The highest BCUT2D eigenvalue weighted by Gasteiger charge is 2.21. The molecule has 5 nitrogen and oxygen atoms in total. The highest BCUT2D eigenvalue weighted by Crippen LogP contribution is 2.20. The van der Waals surface area contributed by atoms with Gasteiger partial charge in [0.25, 0.3) is 0 Å². The van der Waals surface area contributed by atoms with Crippen molar-refractivity contribution >= 4 is 33.8 Å². The lowest BCUT2D eigenvalue weighted by molar-refractivity contribution is -0.117. The third-order valence-electron chi connectivity index (χ3n) is 5.98. The summed E-state index contributed by atoms with van der Waals surface area (Å²) in [6.45, 7) is 2.72. The van der Waals surface area contributed by atoms with Crippen LogP contribution in [-0.2, 0) is 11.3 Å². The molecule has 1 fully saturated rings. The van der Waals surface area contributed by atoms with Crippen LogP contribution in [0.4, 0.5) is 0 Å². The van der Waals surface area contributed by atoms with E-state index in [0.717, 1.165) is 60.3 Å². The van der Waals surface area contributed by atoms with Crippen LogP contribution >= 0.6 is 0 Å². The molecule has 1 amide bonds. The fraction of sp³-hybridized carbons (Fsp3) is 0.231. The summed E-state index contributed by atoms with van der Waals surface area (Å²) in [5.74, 6) is 0.977. The Morgan fingerprint density at radius 2 is 1.81 bits per heavy atom. The van der Waals surface area contributed by atoms with Crippen molar-refractivity contribution in [2.45, 2.75) is 25.4 Å². The Hall–Kier alpha value is -3.44. The predicted octanol–water partition coefficient (Wildman–Crippen LogP) is 4.51. The van der Waals surface area contributed by atoms with Crippen LogP contribution < -0.4 is 5.32 Å². The molecule has 3 aromatic carbocycles. The van der Waals surface area contributed by atoms with Gasteiger partial charge in [0.2, 0.25) is 5.91 Å². The van der Waals surface area contributed by atoms with Crippen LogP contribution in [0.25, 0.3) is 27.9 Å². The molecule has 2 heterocycles. The van der Waals surface area contributed by atoms with E-state index in [2.05, 4.69) is 44.5 Å². The van der Waals surface area contributed by atoms with E-state index in [1.54, 1.807) is 6.08 Å². The normalized spacial score (nSPS) is 15.7. The summed E-state index contributed by atoms with van der Waals surface area (Å²) in [6.07, 6.45) is 5.47. The van der Waals surface area contributed by atoms with Gasteiger partial charge in [0.05, 0.1) is 17.6 Å². The van der Waals surface area contributed by atoms with Crippen molar-refractivity contribution in [3.8, 4) is 0 Å². The Bertz CT molecular complexity index is 1200. The van der Waals surface area contributed by atoms with Gasteiger partial charge in [-0.3, -0.25) is 9.69 Å². The van der Waals surface area contributed by atoms with Crippen LogP contribution in [-0.4, -0.2) is 39.9 Å². The summed E-state index contributed by atoms with van der Waals surface area (Å²) in [5, 5.41) is 5.51. The Morgan fingerprint density at radius 3 is 2.68 bits per heavy atom. The molecule has 1 aromatic heterocycles. The Kier molecular flexibility index (Phi) is 5.50. The van der Waals surface area contributed by atoms with Gasteiger partial charge in [-0.15, -0.1) is 0 Å². The Labute approximate surface area is 181 Å². The fourth-order valence-corrected chi connectivity index (χ4v) is 4.34. The number of fused-ring (bicyclic) bond motifs is 2. The number of aromatic amines is 1. The van der Waals surface area contributed by atoms with Gasteiger partial charge in [-0.1, -0.05) is 54.6 Å². The first-order chi connectivity index (χ1) is 15.2. The zero-order chi connectivity index (χ0) is 21.0. The van der Waals surface area contributed by atoms with Crippen LogP contribution in [0, 0.1) is 0 Å². The molecule has 0 spiro atoms. The lowest BCUT2D eigenvalue weighted by Crippen LogP contribution is -2.44. The number of para-hydroxylation sites is 2. The first kappa shape index (κ1) is 19.5. The molecule has 0 atom stereocenters. The van der Waals surface area contributed by atoms with Crippen molar-refractivity contribution in [3.63, 3.8) is 0 Å². The maximum atomic E-state index is 12.5. The number of hydrogen-bond donors (Lipinski definition) is 2. The summed E-state index contributed by atoms with van der Waals surface area (Å²) in [6, 6.07) is 22.7. The number of H-pyrrole nitrogens is 1. The molecule has 5 heteroatoms. The van der Waals surface area contributed by atoms with Gasteiger partial charge in [-0.2, -0.15) is 0 Å². The smallest absolute Gasteiger partial charge is 0.244 e. The minimum Gasteiger partial charge on any atom is -0.350 e. The van der Waals surface area contributed by atoms with Crippen LogP contribution in [0.5, 0.6) is 0 Å². The Balaban J connectivity index is 1.14. The molecule has 1 saturated heterocycles. The Morgan fingerprint density at radius 1 is 1.03 bits per heavy atom. The number of imidazole rings is 1. The van der Waals surface area contributed by atoms with Crippen molar-refractivity contribution in [3.05, 3.63) is 84.2 Å². The maximum absolute atomic E-state index is 12.5. The van der Waals surface area contributed by atoms with Crippen molar-refractivity contribution in [2.24, 2.45) is 0 Å². The van der Waals surface area contributed by atoms with E-state index in [1.165, 1.54) is 5.39 Å². The molecule has 156 valence electrons. The molecular weight excluding hydrogens is 384 g/mol. The van der Waals surface area contributed by atoms with Crippen molar-refractivity contribution in [1.29, 1.82) is 0 Å². The van der Waals surface area contributed by atoms with Gasteiger partial charge in [-0.05, 0) is 47.4 Å². The zero-order valence-corrected chi connectivity index (χ0v) is 17.4. The average molecular weight is 411 g/mol. The van der Waals surface area contributed by atoms with Crippen LogP contribution in [0.2, 0.25) is 0 Å². The third kappa shape index (κ3) is 4.52. The summed E-state index contributed by atoms with van der Waals surface area (Å²) >= 11 is 0. The SMILES string of the molecule is O=C(/C=C/c1cccc2ccccc12)NC1CCN(Cc2nc3ccccc3[nH]2)CC1. The minimum atomic E-state index is -0.0244. The number of nitrogens with zero attached hydrogens (tertiary/aromatic N) is 2. The highest BCUT2D eigenvalue weighted by molar-refractivity contribution is 5.96. The summed E-state index contributed by atoms with van der Waals surface area (Å²) in [4.78, 5) is 22.9. The van der Waals surface area contributed by atoms with Crippen LogP contribution in [0.3, 0.4) is 0 Å². The number of rotatable bonds is 5. The monoisotopic (exact) mass is 410 g/mol. The lowest BCUT2D eigenvalue weighted by atomic mass is 10.0. The van der Waals surface area contributed by atoms with Gasteiger partial charge in [0.15, 0.2) is 0 Å². The van der Waals surface area contributed by atoms with Gasteiger partial charge >= 0.3 is 0 Å². The topological polar surface area (TPSA) is 61.0 Å². The molecule has 1 aliphatic heterocycles. The van der Waals surface area contributed by atoms with E-state index in [9.17, 15) is 4.79 Å². The average Bonchev–Trinajstić information content (AvgIpc) is 3.21. The van der Waals surface area contributed by atoms with E-state index in [-0.39, 0.29) is 11.9 Å². The lowest BCUT2D eigenvalue weighted by Gasteiger charge is -2.31. The first-order valence-corrected chi connectivity index (χ1v) is 10.9. The van der Waals surface area contributed by atoms with Crippen molar-refractivity contribution < 1.29 is 4.79 Å². The predicted molar refractivity (Wildman–Crippen MR) is 126 cm³/mol. The highest BCUT2D eigenvalue weighted by atomic mass is 16.1. The standard InChI is InChI=1S/C26H26N4O/c31-26(13-12-20-8-5-7-19-6-1-2-9-22(19)20)27-21-14-16-30(17-15-21)18-25-28-23-10-3-4-11-24(23)29-25/h1-13,21H,14-18H2,(H,27,31)(H,28,29)/b13-12+. The maximum Gasteiger partial charge on any atom is 0.244 e. The molecule has 0 radical (unpaired) electrons. The van der Waals surface area contributed by atoms with E-state index in [4.69, 9.17) is 0 Å². The molecular formula is C26H26N4O. The van der Waals surface area contributed by atoms with E-state index >= 15 is 0 Å². The van der Waals surface area contributed by atoms with E-state index in [0.29, 0.717) is 0 Å². The first-order valence-electron chi connectivity index (χ1n) is 10.9. The molecule has 0 bridgehead atoms. The second kappa shape index (κ2) is 8.74. The molecule has 2 N–H and O–H groups in total. The van der Waals surface area contributed by atoms with E-state index < -0.39 is 0 Å². The second-order valence-corrected chi connectivity index (χ2v) is 8.16. The zero-order valence-electron chi connectivity index (χ0n) is 17.4. The van der Waals surface area contributed by atoms with E-state index in [1.807, 2.05) is 48.5 Å². The van der Waals surface area contributed by atoms with Gasteiger partial charge in [-0.25, -0.2) is 4.98 Å². The number of carbonyl (C=O) groups excluding carboxylic acids is 1. The third-order valence-corrected chi connectivity index (χ3v) is 5.98. The minimum absolute atomic E-state index is 0.0244. The number of carbonyl (C=O) groups is 1. The number of benzene rings is 3. The molecule has 0 unspecified atom stereocenters. The summed E-state index contributed by atoms with van der Waals surface area (Å²) in [7, 11) is 0. The number of nitrogens with one attached hydrogen (secondary N) is 2. The molecule has 5 rings (SSSR count). The van der Waals surface area contributed by atoms with Crippen molar-refractivity contribution in [2.75, 3.05) is 13.1 Å². The summed E-state index contributed by atoms with van der Waals surface area (Å²) < 4.78 is 0.